The molecule has 2 aliphatic rings. The van der Waals surface area contributed by atoms with Gasteiger partial charge in [0, 0.05) is 7.11 Å². The van der Waals surface area contributed by atoms with Crippen molar-refractivity contribution in [3.8, 4) is 0 Å². The molecule has 2 saturated heterocycles. The summed E-state index contributed by atoms with van der Waals surface area (Å²) >= 11 is 0. The highest BCUT2D eigenvalue weighted by Gasteiger charge is 2.57. The summed E-state index contributed by atoms with van der Waals surface area (Å²) in [5.41, 5.74) is 1.79. The van der Waals surface area contributed by atoms with Crippen LogP contribution < -0.4 is 0 Å². The minimum absolute atomic E-state index is 0.00178. The molecule has 4 rings (SSSR count). The number of hydrogen-bond acceptors (Lipinski definition) is 10. The fourth-order valence-corrected chi connectivity index (χ4v) is 6.09. The number of benzene rings is 2. The molecule has 0 aliphatic carbocycles. The van der Waals surface area contributed by atoms with Crippen LogP contribution in [-0.2, 0) is 47.5 Å². The zero-order valence-corrected chi connectivity index (χ0v) is 22.2. The topological polar surface area (TPSA) is 124 Å². The summed E-state index contributed by atoms with van der Waals surface area (Å²) in [6.07, 6.45) is -5.23. The lowest BCUT2D eigenvalue weighted by Gasteiger charge is -2.40. The van der Waals surface area contributed by atoms with Gasteiger partial charge in [-0.3, -0.25) is 8.37 Å². The molecule has 0 radical (unpaired) electrons. The Morgan fingerprint density at radius 1 is 0.806 bits per heavy atom. The third kappa shape index (κ3) is 5.81. The summed E-state index contributed by atoms with van der Waals surface area (Å²) in [5.74, 6) is -1.12. The Bertz CT molecular complexity index is 1270. The average molecular weight is 543 g/mol. The summed E-state index contributed by atoms with van der Waals surface area (Å²) < 4.78 is 85.5. The molecule has 2 fully saturated rings. The van der Waals surface area contributed by atoms with E-state index in [1.807, 2.05) is 13.8 Å². The van der Waals surface area contributed by atoms with Crippen molar-refractivity contribution in [2.45, 2.75) is 74.0 Å². The number of hydrogen-bond donors (Lipinski definition) is 0. The van der Waals surface area contributed by atoms with E-state index in [2.05, 4.69) is 0 Å². The van der Waals surface area contributed by atoms with Crippen molar-refractivity contribution in [2.24, 2.45) is 0 Å². The minimum Gasteiger partial charge on any atom is -0.353 e. The van der Waals surface area contributed by atoms with Crippen molar-refractivity contribution in [1.82, 2.24) is 0 Å². The molecule has 0 amide bonds. The van der Waals surface area contributed by atoms with Gasteiger partial charge in [0.25, 0.3) is 20.2 Å². The van der Waals surface area contributed by atoms with Gasteiger partial charge in [-0.25, -0.2) is 0 Å². The van der Waals surface area contributed by atoms with Crippen LogP contribution in [0, 0.1) is 13.8 Å². The highest BCUT2D eigenvalue weighted by molar-refractivity contribution is 7.87. The van der Waals surface area contributed by atoms with Crippen LogP contribution in [0.4, 0.5) is 0 Å². The van der Waals surface area contributed by atoms with Crippen molar-refractivity contribution in [2.75, 3.05) is 13.7 Å². The first kappa shape index (κ1) is 27.1. The third-order valence-electron chi connectivity index (χ3n) is 5.91. The number of aryl methyl sites for hydroxylation is 2. The molecule has 0 saturated carbocycles. The Morgan fingerprint density at radius 2 is 1.31 bits per heavy atom. The fourth-order valence-electron chi connectivity index (χ4n) is 4.10. The molecule has 5 atom stereocenters. The van der Waals surface area contributed by atoms with Gasteiger partial charge in [-0.2, -0.15) is 16.8 Å². The van der Waals surface area contributed by atoms with Crippen molar-refractivity contribution < 1.29 is 44.1 Å². The van der Waals surface area contributed by atoms with Crippen LogP contribution in [0.5, 0.6) is 0 Å². The van der Waals surface area contributed by atoms with E-state index >= 15 is 0 Å². The molecule has 2 aromatic rings. The number of methoxy groups -OCH3 is 1. The molecule has 0 N–H and O–H groups in total. The molecule has 2 aliphatic heterocycles. The first-order valence-corrected chi connectivity index (χ1v) is 14.1. The lowest BCUT2D eigenvalue weighted by Crippen LogP contribution is -2.59. The maximum atomic E-state index is 13.0. The van der Waals surface area contributed by atoms with Crippen LogP contribution in [0.1, 0.15) is 25.0 Å². The normalized spacial score (nSPS) is 28.1. The Morgan fingerprint density at radius 3 is 1.83 bits per heavy atom. The molecule has 0 unspecified atom stereocenters. The molecule has 2 aromatic carbocycles. The second kappa shape index (κ2) is 10.1. The fraction of sp³-hybridized carbons (Fsp3) is 0.500. The summed E-state index contributed by atoms with van der Waals surface area (Å²) in [7, 11) is -6.97. The van der Waals surface area contributed by atoms with Gasteiger partial charge in [0.05, 0.1) is 16.4 Å². The molecule has 0 bridgehead atoms. The van der Waals surface area contributed by atoms with Crippen molar-refractivity contribution in [1.29, 1.82) is 0 Å². The van der Waals surface area contributed by atoms with Crippen molar-refractivity contribution >= 4 is 20.2 Å². The van der Waals surface area contributed by atoms with E-state index in [9.17, 15) is 16.8 Å². The lowest BCUT2D eigenvalue weighted by molar-refractivity contribution is -0.266. The van der Waals surface area contributed by atoms with E-state index in [-0.39, 0.29) is 9.79 Å². The number of rotatable bonds is 8. The predicted octanol–water partition coefficient (Wildman–Crippen LogP) is 2.67. The van der Waals surface area contributed by atoms with Crippen molar-refractivity contribution in [3.05, 3.63) is 59.7 Å². The SMILES string of the molecule is CO[C@@H]1O[C@H](COS(=O)(=O)c2ccc(C)cc2)[C@@H]2OC(C)(C)O[C@@H]2[C@@H]1OS(=O)(=O)c1ccc(C)cc1. The summed E-state index contributed by atoms with van der Waals surface area (Å²) in [6.45, 7) is 6.58. The summed E-state index contributed by atoms with van der Waals surface area (Å²) in [6, 6.07) is 12.4. The molecule has 0 aromatic heterocycles. The van der Waals surface area contributed by atoms with Gasteiger partial charge in [-0.1, -0.05) is 35.4 Å². The average Bonchev–Trinajstić information content (AvgIpc) is 3.14. The second-order valence-electron chi connectivity index (χ2n) is 9.22. The molecular weight excluding hydrogens is 512 g/mol. The Kier molecular flexibility index (Phi) is 7.62. The number of fused-ring (bicyclic) bond motifs is 1. The van der Waals surface area contributed by atoms with Crippen molar-refractivity contribution in [3.63, 3.8) is 0 Å². The van der Waals surface area contributed by atoms with Gasteiger partial charge in [-0.15, -0.1) is 0 Å². The van der Waals surface area contributed by atoms with Gasteiger partial charge in [0.1, 0.15) is 18.3 Å². The van der Waals surface area contributed by atoms with Crippen LogP contribution in [0.15, 0.2) is 58.3 Å². The summed E-state index contributed by atoms with van der Waals surface area (Å²) in [5, 5.41) is 0. The summed E-state index contributed by atoms with van der Waals surface area (Å²) in [4.78, 5) is -0.0367. The van der Waals surface area contributed by atoms with Crippen LogP contribution >= 0.6 is 0 Å². The van der Waals surface area contributed by atoms with Gasteiger partial charge in [0.15, 0.2) is 18.2 Å². The van der Waals surface area contributed by atoms with Crippen LogP contribution in [0.25, 0.3) is 0 Å². The quantitative estimate of drug-likeness (QED) is 0.460. The van der Waals surface area contributed by atoms with Crippen LogP contribution in [-0.4, -0.2) is 67.0 Å². The van der Waals surface area contributed by atoms with Gasteiger partial charge in [0.2, 0.25) is 0 Å². The molecule has 36 heavy (non-hydrogen) atoms. The zero-order valence-electron chi connectivity index (χ0n) is 20.6. The third-order valence-corrected chi connectivity index (χ3v) is 8.53. The molecule has 2 heterocycles. The van der Waals surface area contributed by atoms with E-state index in [1.54, 1.807) is 38.1 Å². The second-order valence-corrected chi connectivity index (χ2v) is 12.4. The monoisotopic (exact) mass is 542 g/mol. The highest BCUT2D eigenvalue weighted by atomic mass is 32.2. The standard InChI is InChI=1S/C24H30O10S2/c1-15-6-10-17(11-7-15)35(25,26)30-14-19-20-21(33-24(3,4)32-20)22(23(29-5)31-19)34-36(27,28)18-12-8-16(2)9-13-18/h6-13,19-23H,14H2,1-5H3/t19-,20+,21+,22+,23-/m1/s1. The maximum Gasteiger partial charge on any atom is 0.297 e. The smallest absolute Gasteiger partial charge is 0.297 e. The molecular formula is C24H30O10S2. The maximum absolute atomic E-state index is 13.0. The van der Waals surface area contributed by atoms with E-state index in [1.165, 1.54) is 31.4 Å². The van der Waals surface area contributed by atoms with Gasteiger partial charge >= 0.3 is 0 Å². The Balaban J connectivity index is 1.56. The van der Waals surface area contributed by atoms with E-state index in [4.69, 9.17) is 27.3 Å². The largest absolute Gasteiger partial charge is 0.353 e. The molecule has 10 nitrogen and oxygen atoms in total. The predicted molar refractivity (Wildman–Crippen MR) is 127 cm³/mol. The van der Waals surface area contributed by atoms with Gasteiger partial charge in [-0.05, 0) is 52.0 Å². The van der Waals surface area contributed by atoms with E-state index in [0.29, 0.717) is 0 Å². The van der Waals surface area contributed by atoms with Crippen LogP contribution in [0.3, 0.4) is 0 Å². The molecule has 0 spiro atoms. The molecule has 12 heteroatoms. The minimum atomic E-state index is -4.21. The first-order chi connectivity index (χ1) is 16.8. The highest BCUT2D eigenvalue weighted by Crippen LogP contribution is 2.40. The zero-order chi connectivity index (χ0) is 26.3. The molecule has 198 valence electrons. The Labute approximate surface area is 211 Å². The number of ether oxygens (including phenoxy) is 4. The van der Waals surface area contributed by atoms with E-state index in [0.717, 1.165) is 11.1 Å². The van der Waals surface area contributed by atoms with E-state index < -0.39 is 63.3 Å². The van der Waals surface area contributed by atoms with Crippen LogP contribution in [0.2, 0.25) is 0 Å². The first-order valence-electron chi connectivity index (χ1n) is 11.3. The lowest BCUT2D eigenvalue weighted by atomic mass is 9.99. The Hall–Kier alpha value is -1.90. The van der Waals surface area contributed by atoms with Gasteiger partial charge < -0.3 is 18.9 Å².